The fraction of sp³-hybridized carbons (Fsp3) is 0.625. The molecule has 1 aromatic carbocycles. The van der Waals surface area contributed by atoms with Crippen LogP contribution in [0.25, 0.3) is 0 Å². The summed E-state index contributed by atoms with van der Waals surface area (Å²) in [5, 5.41) is 3.63. The zero-order chi connectivity index (χ0) is 14.7. The summed E-state index contributed by atoms with van der Waals surface area (Å²) in [5.41, 5.74) is 2.60. The maximum atomic E-state index is 5.76. The van der Waals surface area contributed by atoms with E-state index >= 15 is 0 Å². The van der Waals surface area contributed by atoms with E-state index in [4.69, 9.17) is 9.47 Å². The van der Waals surface area contributed by atoms with E-state index in [0.717, 1.165) is 30.2 Å². The van der Waals surface area contributed by atoms with Crippen LogP contribution >= 0.6 is 11.8 Å². The summed E-state index contributed by atoms with van der Waals surface area (Å²) in [6, 6.07) is 2.47. The smallest absolute Gasteiger partial charge is 0.137 e. The first-order valence-electron chi connectivity index (χ1n) is 7.27. The first-order chi connectivity index (χ1) is 9.63. The van der Waals surface area contributed by atoms with Gasteiger partial charge in [0.25, 0.3) is 0 Å². The molecular formula is C16H25NO2S. The topological polar surface area (TPSA) is 30.5 Å². The Bertz CT molecular complexity index is 474. The maximum Gasteiger partial charge on any atom is 0.137 e. The third-order valence-corrected chi connectivity index (χ3v) is 4.70. The number of fused-ring (bicyclic) bond motifs is 1. The molecule has 1 N–H and O–H groups in total. The molecule has 3 nitrogen and oxygen atoms in total. The SMILES string of the molecule is CCSc1cc(OC)c2c(c1OC)C(C(C)C)NCC2. The molecule has 20 heavy (non-hydrogen) atoms. The minimum Gasteiger partial charge on any atom is -0.496 e. The van der Waals surface area contributed by atoms with Gasteiger partial charge in [-0.25, -0.2) is 0 Å². The third-order valence-electron chi connectivity index (χ3n) is 3.79. The normalized spacial score (nSPS) is 18.0. The summed E-state index contributed by atoms with van der Waals surface area (Å²) in [4.78, 5) is 1.18. The van der Waals surface area contributed by atoms with Crippen LogP contribution in [0.15, 0.2) is 11.0 Å². The van der Waals surface area contributed by atoms with Crippen LogP contribution in [-0.2, 0) is 6.42 Å². The summed E-state index contributed by atoms with van der Waals surface area (Å²) in [5.74, 6) is 3.58. The summed E-state index contributed by atoms with van der Waals surface area (Å²) in [6.45, 7) is 7.65. The number of rotatable bonds is 5. The molecule has 0 saturated carbocycles. The Morgan fingerprint density at radius 3 is 2.65 bits per heavy atom. The van der Waals surface area contributed by atoms with Gasteiger partial charge in [-0.2, -0.15) is 0 Å². The van der Waals surface area contributed by atoms with Gasteiger partial charge in [-0.15, -0.1) is 11.8 Å². The lowest BCUT2D eigenvalue weighted by Crippen LogP contribution is -2.33. The van der Waals surface area contributed by atoms with Crippen LogP contribution in [0.5, 0.6) is 11.5 Å². The van der Waals surface area contributed by atoms with Gasteiger partial charge in [0.1, 0.15) is 11.5 Å². The molecule has 0 bridgehead atoms. The van der Waals surface area contributed by atoms with Gasteiger partial charge in [-0.3, -0.25) is 0 Å². The molecule has 1 aromatic rings. The number of benzene rings is 1. The van der Waals surface area contributed by atoms with Crippen molar-refractivity contribution in [1.82, 2.24) is 5.32 Å². The number of nitrogens with one attached hydrogen (secondary N) is 1. The molecular weight excluding hydrogens is 270 g/mol. The standard InChI is InChI=1S/C16H25NO2S/c1-6-20-13-9-12(18-4)11-7-8-17-15(10(2)3)14(11)16(13)19-5/h9-10,15,17H,6-8H2,1-5H3. The lowest BCUT2D eigenvalue weighted by Gasteiger charge is -2.33. The van der Waals surface area contributed by atoms with Crippen molar-refractivity contribution in [3.8, 4) is 11.5 Å². The molecule has 0 radical (unpaired) electrons. The maximum absolute atomic E-state index is 5.76. The monoisotopic (exact) mass is 295 g/mol. The first-order valence-corrected chi connectivity index (χ1v) is 8.26. The minimum atomic E-state index is 0.333. The van der Waals surface area contributed by atoms with Gasteiger partial charge in [-0.05, 0) is 30.7 Å². The van der Waals surface area contributed by atoms with Crippen LogP contribution in [-0.4, -0.2) is 26.5 Å². The zero-order valence-electron chi connectivity index (χ0n) is 13.1. The highest BCUT2D eigenvalue weighted by Crippen LogP contribution is 2.45. The third kappa shape index (κ3) is 2.77. The predicted octanol–water partition coefficient (Wildman–Crippen LogP) is 3.66. The lowest BCUT2D eigenvalue weighted by atomic mass is 9.86. The molecule has 1 heterocycles. The van der Waals surface area contributed by atoms with Gasteiger partial charge in [0.15, 0.2) is 0 Å². The summed E-state index contributed by atoms with van der Waals surface area (Å²) in [6.07, 6.45) is 0.995. The van der Waals surface area contributed by atoms with E-state index in [0.29, 0.717) is 12.0 Å². The van der Waals surface area contributed by atoms with E-state index in [9.17, 15) is 0 Å². The molecule has 1 aliphatic heterocycles. The van der Waals surface area contributed by atoms with Crippen LogP contribution < -0.4 is 14.8 Å². The van der Waals surface area contributed by atoms with E-state index in [1.165, 1.54) is 16.0 Å². The molecule has 1 aliphatic rings. The molecule has 1 atom stereocenters. The fourth-order valence-corrected chi connectivity index (χ4v) is 3.77. The second-order valence-electron chi connectivity index (χ2n) is 5.36. The van der Waals surface area contributed by atoms with Gasteiger partial charge >= 0.3 is 0 Å². The summed E-state index contributed by atoms with van der Waals surface area (Å²) in [7, 11) is 3.53. The second kappa shape index (κ2) is 6.72. The van der Waals surface area contributed by atoms with Crippen molar-refractivity contribution in [2.45, 2.75) is 38.1 Å². The van der Waals surface area contributed by atoms with Crippen LogP contribution in [0.1, 0.15) is 37.9 Å². The Labute approximate surface area is 126 Å². The summed E-state index contributed by atoms with van der Waals surface area (Å²) < 4.78 is 11.4. The molecule has 0 fully saturated rings. The second-order valence-corrected chi connectivity index (χ2v) is 6.67. The van der Waals surface area contributed by atoms with E-state index in [-0.39, 0.29) is 0 Å². The molecule has 0 aromatic heterocycles. The number of thioether (sulfide) groups is 1. The van der Waals surface area contributed by atoms with E-state index < -0.39 is 0 Å². The van der Waals surface area contributed by atoms with Gasteiger partial charge < -0.3 is 14.8 Å². The van der Waals surface area contributed by atoms with Crippen molar-refractivity contribution < 1.29 is 9.47 Å². The molecule has 2 rings (SSSR count). The highest BCUT2D eigenvalue weighted by molar-refractivity contribution is 7.99. The van der Waals surface area contributed by atoms with Crippen LogP contribution in [0.4, 0.5) is 0 Å². The van der Waals surface area contributed by atoms with Crippen molar-refractivity contribution in [3.05, 3.63) is 17.2 Å². The Morgan fingerprint density at radius 2 is 2.10 bits per heavy atom. The van der Waals surface area contributed by atoms with Crippen molar-refractivity contribution in [2.75, 3.05) is 26.5 Å². The molecule has 0 spiro atoms. The van der Waals surface area contributed by atoms with Crippen molar-refractivity contribution >= 4 is 11.8 Å². The highest BCUT2D eigenvalue weighted by Gasteiger charge is 2.30. The van der Waals surface area contributed by atoms with Crippen LogP contribution in [0.3, 0.4) is 0 Å². The minimum absolute atomic E-state index is 0.333. The Balaban J connectivity index is 2.64. The number of methoxy groups -OCH3 is 2. The van der Waals surface area contributed by atoms with Gasteiger partial charge in [0.2, 0.25) is 0 Å². The number of ether oxygens (including phenoxy) is 2. The van der Waals surface area contributed by atoms with Crippen LogP contribution in [0, 0.1) is 5.92 Å². The lowest BCUT2D eigenvalue weighted by molar-refractivity contribution is 0.340. The Kier molecular flexibility index (Phi) is 5.22. The molecule has 0 amide bonds. The Morgan fingerprint density at radius 1 is 1.35 bits per heavy atom. The quantitative estimate of drug-likeness (QED) is 0.840. The average Bonchev–Trinajstić information content (AvgIpc) is 2.45. The average molecular weight is 295 g/mol. The van der Waals surface area contributed by atoms with Gasteiger partial charge in [-0.1, -0.05) is 20.8 Å². The fourth-order valence-electron chi connectivity index (χ4n) is 2.94. The van der Waals surface area contributed by atoms with Crippen molar-refractivity contribution in [1.29, 1.82) is 0 Å². The number of hydrogen-bond donors (Lipinski definition) is 1. The van der Waals surface area contributed by atoms with E-state index in [1.807, 2.05) is 11.8 Å². The van der Waals surface area contributed by atoms with E-state index in [2.05, 4.69) is 32.2 Å². The van der Waals surface area contributed by atoms with E-state index in [1.54, 1.807) is 14.2 Å². The molecule has 0 saturated heterocycles. The molecule has 0 aliphatic carbocycles. The molecule has 1 unspecified atom stereocenters. The highest BCUT2D eigenvalue weighted by atomic mass is 32.2. The zero-order valence-corrected chi connectivity index (χ0v) is 13.9. The first kappa shape index (κ1) is 15.5. The summed E-state index contributed by atoms with van der Waals surface area (Å²) >= 11 is 1.81. The van der Waals surface area contributed by atoms with Crippen LogP contribution in [0.2, 0.25) is 0 Å². The van der Waals surface area contributed by atoms with Gasteiger partial charge in [0.05, 0.1) is 19.1 Å². The van der Waals surface area contributed by atoms with Gasteiger partial charge in [0, 0.05) is 17.2 Å². The number of hydrogen-bond acceptors (Lipinski definition) is 4. The largest absolute Gasteiger partial charge is 0.496 e. The predicted molar refractivity (Wildman–Crippen MR) is 85.2 cm³/mol. The Hall–Kier alpha value is -0.870. The van der Waals surface area contributed by atoms with Crippen molar-refractivity contribution in [2.24, 2.45) is 5.92 Å². The molecule has 112 valence electrons. The molecule has 4 heteroatoms. The van der Waals surface area contributed by atoms with Crippen molar-refractivity contribution in [3.63, 3.8) is 0 Å².